The van der Waals surface area contributed by atoms with Gasteiger partial charge in [0, 0.05) is 17.0 Å². The zero-order valence-electron chi connectivity index (χ0n) is 11.2. The molecule has 0 bridgehead atoms. The van der Waals surface area contributed by atoms with E-state index in [1.165, 1.54) is 6.07 Å². The van der Waals surface area contributed by atoms with E-state index in [2.05, 4.69) is 9.97 Å². The van der Waals surface area contributed by atoms with Gasteiger partial charge in [0.1, 0.15) is 10.5 Å². The van der Waals surface area contributed by atoms with Crippen molar-refractivity contribution in [2.75, 3.05) is 0 Å². The summed E-state index contributed by atoms with van der Waals surface area (Å²) in [6.07, 6.45) is 0. The smallest absolute Gasteiger partial charge is 0.195 e. The zero-order valence-corrected chi connectivity index (χ0v) is 12.0. The van der Waals surface area contributed by atoms with Crippen LogP contribution in [0.2, 0.25) is 0 Å². The van der Waals surface area contributed by atoms with Crippen molar-refractivity contribution < 1.29 is 13.2 Å². The molecule has 1 aromatic carbocycles. The highest BCUT2D eigenvalue weighted by molar-refractivity contribution is 7.71. The van der Waals surface area contributed by atoms with Crippen molar-refractivity contribution in [2.45, 2.75) is 26.7 Å². The van der Waals surface area contributed by atoms with Gasteiger partial charge in [-0.05, 0) is 19.1 Å². The van der Waals surface area contributed by atoms with E-state index in [1.54, 1.807) is 6.92 Å². The predicted octanol–water partition coefficient (Wildman–Crippen LogP) is 4.66. The van der Waals surface area contributed by atoms with Crippen molar-refractivity contribution in [3.63, 3.8) is 0 Å². The van der Waals surface area contributed by atoms with Crippen LogP contribution in [0, 0.1) is 29.0 Å². The van der Waals surface area contributed by atoms with Gasteiger partial charge in [-0.1, -0.05) is 26.1 Å². The Kier molecular flexibility index (Phi) is 3.94. The molecule has 0 saturated carbocycles. The first kappa shape index (κ1) is 14.7. The van der Waals surface area contributed by atoms with Gasteiger partial charge in [-0.15, -0.1) is 0 Å². The van der Waals surface area contributed by atoms with Crippen LogP contribution in [0.15, 0.2) is 12.1 Å². The number of nitrogens with one attached hydrogen (secondary N) is 1. The van der Waals surface area contributed by atoms with Gasteiger partial charge >= 0.3 is 0 Å². The van der Waals surface area contributed by atoms with E-state index in [1.807, 2.05) is 13.8 Å². The number of rotatable bonds is 2. The monoisotopic (exact) mass is 298 g/mol. The maximum absolute atomic E-state index is 13.9. The molecule has 0 aliphatic rings. The van der Waals surface area contributed by atoms with Crippen LogP contribution in [0.1, 0.15) is 31.2 Å². The molecule has 2 rings (SSSR count). The normalized spacial score (nSPS) is 11.2. The predicted molar refractivity (Wildman–Crippen MR) is 73.6 cm³/mol. The molecule has 0 fully saturated rings. The first-order valence-corrected chi connectivity index (χ1v) is 6.48. The van der Waals surface area contributed by atoms with E-state index in [-0.39, 0.29) is 11.5 Å². The Morgan fingerprint density at radius 1 is 1.15 bits per heavy atom. The number of aromatic amines is 1. The number of nitrogens with zero attached hydrogens (tertiary/aromatic N) is 1. The van der Waals surface area contributed by atoms with Crippen molar-refractivity contribution in [3.8, 4) is 11.3 Å². The number of halogens is 3. The molecule has 0 aliphatic heterocycles. The van der Waals surface area contributed by atoms with Crippen LogP contribution in [0.5, 0.6) is 0 Å². The minimum absolute atomic E-state index is 0.0457. The van der Waals surface area contributed by atoms with Gasteiger partial charge in [0.2, 0.25) is 0 Å². The molecule has 0 atom stereocenters. The lowest BCUT2D eigenvalue weighted by Crippen LogP contribution is -2.04. The number of H-pyrrole nitrogens is 1. The third-order valence-corrected chi connectivity index (χ3v) is 3.42. The maximum Gasteiger partial charge on any atom is 0.195 e. The van der Waals surface area contributed by atoms with Crippen molar-refractivity contribution in [1.82, 2.24) is 9.97 Å². The quantitative estimate of drug-likeness (QED) is 0.645. The SMILES string of the molecule is Cc1c(-c2ccc(F)c(F)c2F)[nH]c(C(C)C)nc1=S. The highest BCUT2D eigenvalue weighted by Gasteiger charge is 2.18. The van der Waals surface area contributed by atoms with E-state index < -0.39 is 17.5 Å². The minimum Gasteiger partial charge on any atom is -0.343 e. The van der Waals surface area contributed by atoms with Crippen LogP contribution < -0.4 is 0 Å². The average molecular weight is 298 g/mol. The van der Waals surface area contributed by atoms with Gasteiger partial charge in [-0.3, -0.25) is 0 Å². The Bertz CT molecular complexity index is 723. The van der Waals surface area contributed by atoms with Gasteiger partial charge < -0.3 is 4.98 Å². The summed E-state index contributed by atoms with van der Waals surface area (Å²) in [7, 11) is 0. The van der Waals surface area contributed by atoms with Gasteiger partial charge in [-0.25, -0.2) is 18.2 Å². The van der Waals surface area contributed by atoms with Gasteiger partial charge in [-0.2, -0.15) is 0 Å². The topological polar surface area (TPSA) is 28.7 Å². The molecule has 1 aromatic heterocycles. The van der Waals surface area contributed by atoms with Crippen LogP contribution in [0.4, 0.5) is 13.2 Å². The fourth-order valence-corrected chi connectivity index (χ4v) is 2.01. The van der Waals surface area contributed by atoms with Crippen LogP contribution in [-0.2, 0) is 0 Å². The lowest BCUT2D eigenvalue weighted by atomic mass is 10.1. The molecule has 0 radical (unpaired) electrons. The summed E-state index contributed by atoms with van der Waals surface area (Å²) in [5, 5.41) is 0. The maximum atomic E-state index is 13.9. The minimum atomic E-state index is -1.50. The summed E-state index contributed by atoms with van der Waals surface area (Å²) >= 11 is 5.13. The van der Waals surface area contributed by atoms with Crippen LogP contribution in [-0.4, -0.2) is 9.97 Å². The van der Waals surface area contributed by atoms with Crippen molar-refractivity contribution in [2.24, 2.45) is 0 Å². The van der Waals surface area contributed by atoms with E-state index in [0.717, 1.165) is 6.07 Å². The Morgan fingerprint density at radius 2 is 1.80 bits per heavy atom. The van der Waals surface area contributed by atoms with Crippen LogP contribution in [0.25, 0.3) is 11.3 Å². The summed E-state index contributed by atoms with van der Waals surface area (Å²) in [6, 6.07) is 2.07. The second kappa shape index (κ2) is 5.36. The van der Waals surface area contributed by atoms with E-state index in [9.17, 15) is 13.2 Å². The molecule has 1 N–H and O–H groups in total. The third kappa shape index (κ3) is 2.47. The van der Waals surface area contributed by atoms with Gasteiger partial charge in [0.15, 0.2) is 17.5 Å². The number of hydrogen-bond donors (Lipinski definition) is 1. The second-order valence-corrected chi connectivity index (χ2v) is 5.19. The van der Waals surface area contributed by atoms with Crippen LogP contribution >= 0.6 is 12.2 Å². The van der Waals surface area contributed by atoms with Crippen molar-refractivity contribution in [3.05, 3.63) is 45.6 Å². The third-order valence-electron chi connectivity index (χ3n) is 3.02. The van der Waals surface area contributed by atoms with Gasteiger partial charge in [0.25, 0.3) is 0 Å². The van der Waals surface area contributed by atoms with E-state index in [4.69, 9.17) is 12.2 Å². The molecule has 0 unspecified atom stereocenters. The Balaban J connectivity index is 2.76. The Hall–Kier alpha value is -1.69. The summed E-state index contributed by atoms with van der Waals surface area (Å²) in [6.45, 7) is 5.45. The molecular formula is C14H13F3N2S. The molecule has 106 valence electrons. The fourth-order valence-electron chi connectivity index (χ4n) is 1.81. The zero-order chi connectivity index (χ0) is 15.0. The highest BCUT2D eigenvalue weighted by Crippen LogP contribution is 2.28. The highest BCUT2D eigenvalue weighted by atomic mass is 32.1. The molecule has 2 aromatic rings. The number of aromatic nitrogens is 2. The molecule has 1 heterocycles. The lowest BCUT2D eigenvalue weighted by Gasteiger charge is -2.12. The molecule has 0 amide bonds. The molecule has 6 heteroatoms. The first-order valence-electron chi connectivity index (χ1n) is 6.07. The summed E-state index contributed by atoms with van der Waals surface area (Å²) in [5.74, 6) is -3.34. The van der Waals surface area contributed by atoms with Crippen molar-refractivity contribution in [1.29, 1.82) is 0 Å². The molecule has 0 saturated heterocycles. The standard InChI is InChI=1S/C14H13F3N2S/c1-6(2)13-18-12(7(3)14(20)19-13)8-4-5-9(15)11(17)10(8)16/h4-6H,1-3H3,(H,18,19,20). The largest absolute Gasteiger partial charge is 0.343 e. The number of benzene rings is 1. The summed E-state index contributed by atoms with van der Waals surface area (Å²) < 4.78 is 40.6. The van der Waals surface area contributed by atoms with E-state index >= 15 is 0 Å². The van der Waals surface area contributed by atoms with E-state index in [0.29, 0.717) is 21.7 Å². The van der Waals surface area contributed by atoms with Crippen molar-refractivity contribution >= 4 is 12.2 Å². The first-order chi connectivity index (χ1) is 9.32. The lowest BCUT2D eigenvalue weighted by molar-refractivity contribution is 0.448. The molecule has 0 aliphatic carbocycles. The summed E-state index contributed by atoms with van der Waals surface area (Å²) in [5.41, 5.74) is 0.788. The Morgan fingerprint density at radius 3 is 2.40 bits per heavy atom. The second-order valence-electron chi connectivity index (χ2n) is 4.80. The van der Waals surface area contributed by atoms with Crippen LogP contribution in [0.3, 0.4) is 0 Å². The van der Waals surface area contributed by atoms with Gasteiger partial charge in [0.05, 0.1) is 5.69 Å². The number of hydrogen-bond acceptors (Lipinski definition) is 2. The summed E-state index contributed by atoms with van der Waals surface area (Å²) in [4.78, 5) is 7.15. The average Bonchev–Trinajstić information content (AvgIpc) is 2.39. The molecule has 20 heavy (non-hydrogen) atoms. The molecule has 0 spiro atoms. The molecule has 2 nitrogen and oxygen atoms in total. The molecular weight excluding hydrogens is 285 g/mol. The fraction of sp³-hybridized carbons (Fsp3) is 0.286. The Labute approximate surface area is 119 Å².